The van der Waals surface area contributed by atoms with Gasteiger partial charge in [0.1, 0.15) is 6.04 Å². The Labute approximate surface area is 147 Å². The van der Waals surface area contributed by atoms with Crippen molar-refractivity contribution in [2.45, 2.75) is 57.7 Å². The third kappa shape index (κ3) is 3.52. The molecule has 1 unspecified atom stereocenters. The number of amides is 2. The Bertz CT molecular complexity index is 673. The van der Waals surface area contributed by atoms with E-state index in [9.17, 15) is 14.4 Å². The lowest BCUT2D eigenvalue weighted by Gasteiger charge is -2.29. The number of nitrogens with one attached hydrogen (secondary N) is 1. The summed E-state index contributed by atoms with van der Waals surface area (Å²) in [7, 11) is 0. The van der Waals surface area contributed by atoms with Crippen LogP contribution in [-0.2, 0) is 14.3 Å². The Hall–Kier alpha value is -2.37. The van der Waals surface area contributed by atoms with Gasteiger partial charge in [0.25, 0.3) is 0 Å². The topological polar surface area (TPSA) is 75.7 Å². The second kappa shape index (κ2) is 7.68. The summed E-state index contributed by atoms with van der Waals surface area (Å²) in [5.41, 5.74) is 1.12. The summed E-state index contributed by atoms with van der Waals surface area (Å²) in [6.45, 7) is 2.75. The minimum absolute atomic E-state index is 0.152. The van der Waals surface area contributed by atoms with Crippen LogP contribution in [-0.4, -0.2) is 35.3 Å². The molecule has 1 aromatic carbocycles. The molecule has 6 nitrogen and oxygen atoms in total. The summed E-state index contributed by atoms with van der Waals surface area (Å²) < 4.78 is 5.41. The highest BCUT2D eigenvalue weighted by Gasteiger charge is 2.46. The fourth-order valence-corrected chi connectivity index (χ4v) is 3.47. The highest BCUT2D eigenvalue weighted by molar-refractivity contribution is 5.96. The predicted molar refractivity (Wildman–Crippen MR) is 91.6 cm³/mol. The molecule has 3 rings (SSSR count). The van der Waals surface area contributed by atoms with Crippen LogP contribution in [0.5, 0.6) is 0 Å². The molecule has 0 spiro atoms. The lowest BCUT2D eigenvalue weighted by atomic mass is 10.1. The van der Waals surface area contributed by atoms with Crippen molar-refractivity contribution in [2.24, 2.45) is 0 Å². The molecule has 0 aromatic heterocycles. The van der Waals surface area contributed by atoms with E-state index in [0.717, 1.165) is 25.7 Å². The molecular formula is C19H24N2O4. The molecule has 0 saturated carbocycles. The monoisotopic (exact) mass is 344 g/mol. The molecule has 0 aliphatic carbocycles. The van der Waals surface area contributed by atoms with Crippen molar-refractivity contribution < 1.29 is 19.1 Å². The molecule has 1 N–H and O–H groups in total. The van der Waals surface area contributed by atoms with Crippen LogP contribution in [0.15, 0.2) is 24.3 Å². The van der Waals surface area contributed by atoms with Crippen molar-refractivity contribution in [1.82, 2.24) is 10.2 Å². The number of hydrogen-bond acceptors (Lipinski definition) is 4. The van der Waals surface area contributed by atoms with Crippen LogP contribution in [0.4, 0.5) is 0 Å². The van der Waals surface area contributed by atoms with Crippen LogP contribution in [0, 0.1) is 0 Å². The first-order valence-electron chi connectivity index (χ1n) is 9.02. The van der Waals surface area contributed by atoms with E-state index >= 15 is 0 Å². The number of nitrogens with zero attached hydrogens (tertiary/aromatic N) is 1. The van der Waals surface area contributed by atoms with Gasteiger partial charge in [0, 0.05) is 18.5 Å². The number of carbonyl (C=O) groups is 3. The number of esters is 1. The van der Waals surface area contributed by atoms with Gasteiger partial charge in [-0.3, -0.25) is 14.5 Å². The SMILES string of the molecule is CCCCCCNC(=O)[C@@H]1CCC(=O)N1C1OC(=O)c2ccccc21. The molecular weight excluding hydrogens is 320 g/mol. The van der Waals surface area contributed by atoms with E-state index in [1.807, 2.05) is 0 Å². The predicted octanol–water partition coefficient (Wildman–Crippen LogP) is 2.54. The molecule has 1 fully saturated rings. The Morgan fingerprint density at radius 2 is 2.04 bits per heavy atom. The average molecular weight is 344 g/mol. The fraction of sp³-hybridized carbons (Fsp3) is 0.526. The average Bonchev–Trinajstić information content (AvgIpc) is 3.15. The molecule has 25 heavy (non-hydrogen) atoms. The fourth-order valence-electron chi connectivity index (χ4n) is 3.47. The molecule has 2 amide bonds. The van der Waals surface area contributed by atoms with Crippen LogP contribution < -0.4 is 5.32 Å². The lowest BCUT2D eigenvalue weighted by molar-refractivity contribution is -0.145. The molecule has 6 heteroatoms. The summed E-state index contributed by atoms with van der Waals surface area (Å²) in [5.74, 6) is -0.762. The van der Waals surface area contributed by atoms with E-state index in [4.69, 9.17) is 4.74 Å². The first kappa shape index (κ1) is 17.5. The number of rotatable bonds is 7. The van der Waals surface area contributed by atoms with Crippen LogP contribution >= 0.6 is 0 Å². The zero-order chi connectivity index (χ0) is 17.8. The molecule has 1 aromatic rings. The molecule has 2 aliphatic heterocycles. The van der Waals surface area contributed by atoms with Crippen LogP contribution in [0.1, 0.15) is 67.6 Å². The molecule has 2 aliphatic rings. The number of fused-ring (bicyclic) bond motifs is 1. The highest BCUT2D eigenvalue weighted by Crippen LogP contribution is 2.38. The van der Waals surface area contributed by atoms with E-state index in [-0.39, 0.29) is 11.8 Å². The van der Waals surface area contributed by atoms with Crippen LogP contribution in [0.3, 0.4) is 0 Å². The Balaban J connectivity index is 1.69. The zero-order valence-electron chi connectivity index (χ0n) is 14.5. The van der Waals surface area contributed by atoms with E-state index in [1.54, 1.807) is 24.3 Å². The molecule has 134 valence electrons. The van der Waals surface area contributed by atoms with Crippen LogP contribution in [0.2, 0.25) is 0 Å². The second-order valence-corrected chi connectivity index (χ2v) is 6.55. The Morgan fingerprint density at radius 3 is 2.84 bits per heavy atom. The first-order chi connectivity index (χ1) is 12.1. The van der Waals surface area contributed by atoms with Gasteiger partial charge < -0.3 is 10.1 Å². The minimum Gasteiger partial charge on any atom is -0.433 e. The van der Waals surface area contributed by atoms with Gasteiger partial charge in [-0.05, 0) is 18.9 Å². The van der Waals surface area contributed by atoms with E-state index in [0.29, 0.717) is 30.5 Å². The lowest BCUT2D eigenvalue weighted by Crippen LogP contribution is -2.46. The molecule has 2 atom stereocenters. The zero-order valence-corrected chi connectivity index (χ0v) is 14.5. The third-order valence-corrected chi connectivity index (χ3v) is 4.81. The molecule has 0 radical (unpaired) electrons. The van der Waals surface area contributed by atoms with Crippen molar-refractivity contribution >= 4 is 17.8 Å². The number of hydrogen-bond donors (Lipinski definition) is 1. The number of cyclic esters (lactones) is 1. The van der Waals surface area contributed by atoms with Crippen LogP contribution in [0.25, 0.3) is 0 Å². The standard InChI is InChI=1S/C19H24N2O4/c1-2-3-4-7-12-20-17(23)15-10-11-16(22)21(15)18-13-8-5-6-9-14(13)19(24)25-18/h5-6,8-9,15,18H,2-4,7,10-12H2,1H3,(H,20,23)/t15-,18?/m0/s1. The summed E-state index contributed by atoms with van der Waals surface area (Å²) in [6, 6.07) is 6.44. The third-order valence-electron chi connectivity index (χ3n) is 4.81. The minimum atomic E-state index is -0.797. The van der Waals surface area contributed by atoms with Gasteiger partial charge >= 0.3 is 5.97 Å². The number of likely N-dealkylation sites (tertiary alicyclic amines) is 1. The molecule has 2 heterocycles. The van der Waals surface area contributed by atoms with Crippen molar-refractivity contribution in [1.29, 1.82) is 0 Å². The maximum atomic E-state index is 12.5. The van der Waals surface area contributed by atoms with Gasteiger partial charge in [-0.1, -0.05) is 44.4 Å². The van der Waals surface area contributed by atoms with Crippen molar-refractivity contribution in [2.75, 3.05) is 6.54 Å². The smallest absolute Gasteiger partial charge is 0.340 e. The number of ether oxygens (including phenoxy) is 1. The van der Waals surface area contributed by atoms with Crippen molar-refractivity contribution in [3.8, 4) is 0 Å². The van der Waals surface area contributed by atoms with E-state index in [2.05, 4.69) is 12.2 Å². The first-order valence-corrected chi connectivity index (χ1v) is 9.02. The van der Waals surface area contributed by atoms with Crippen molar-refractivity contribution in [3.63, 3.8) is 0 Å². The molecule has 1 saturated heterocycles. The number of carbonyl (C=O) groups excluding carboxylic acids is 3. The normalized spacial score (nSPS) is 22.0. The van der Waals surface area contributed by atoms with Gasteiger partial charge in [0.2, 0.25) is 18.0 Å². The summed E-state index contributed by atoms with van der Waals surface area (Å²) in [5, 5.41) is 2.92. The van der Waals surface area contributed by atoms with Gasteiger partial charge in [-0.2, -0.15) is 0 Å². The summed E-state index contributed by atoms with van der Waals surface area (Å²) in [4.78, 5) is 38.4. The van der Waals surface area contributed by atoms with Gasteiger partial charge in [0.15, 0.2) is 0 Å². The van der Waals surface area contributed by atoms with E-state index < -0.39 is 18.2 Å². The number of benzene rings is 1. The second-order valence-electron chi connectivity index (χ2n) is 6.55. The van der Waals surface area contributed by atoms with E-state index in [1.165, 1.54) is 4.90 Å². The van der Waals surface area contributed by atoms with Gasteiger partial charge in [-0.25, -0.2) is 4.79 Å². The van der Waals surface area contributed by atoms with Gasteiger partial charge in [0.05, 0.1) is 5.56 Å². The largest absolute Gasteiger partial charge is 0.433 e. The van der Waals surface area contributed by atoms with Crippen molar-refractivity contribution in [3.05, 3.63) is 35.4 Å². The maximum Gasteiger partial charge on any atom is 0.340 e. The number of unbranched alkanes of at least 4 members (excludes halogenated alkanes) is 3. The Morgan fingerprint density at radius 1 is 1.24 bits per heavy atom. The highest BCUT2D eigenvalue weighted by atomic mass is 16.6. The molecule has 0 bridgehead atoms. The maximum absolute atomic E-state index is 12.5. The summed E-state index contributed by atoms with van der Waals surface area (Å²) >= 11 is 0. The quantitative estimate of drug-likeness (QED) is 0.609. The Kier molecular flexibility index (Phi) is 5.36. The summed E-state index contributed by atoms with van der Waals surface area (Å²) in [6.07, 6.45) is 4.26. The van der Waals surface area contributed by atoms with Gasteiger partial charge in [-0.15, -0.1) is 0 Å².